The molecule has 2 nitrogen and oxygen atoms in total. The summed E-state index contributed by atoms with van der Waals surface area (Å²) >= 11 is 0. The second-order valence-corrected chi connectivity index (χ2v) is 5.89. The van der Waals surface area contributed by atoms with Crippen LogP contribution in [0.4, 0.5) is 0 Å². The molecule has 0 radical (unpaired) electrons. The summed E-state index contributed by atoms with van der Waals surface area (Å²) < 4.78 is 0.831. The summed E-state index contributed by atoms with van der Waals surface area (Å²) in [5, 5.41) is 9.70. The van der Waals surface area contributed by atoms with Crippen molar-refractivity contribution in [2.24, 2.45) is 5.41 Å². The van der Waals surface area contributed by atoms with E-state index < -0.39 is 0 Å². The number of hydrogen-bond donors (Lipinski definition) is 1. The van der Waals surface area contributed by atoms with Gasteiger partial charge in [-0.3, -0.25) is 0 Å². The highest BCUT2D eigenvalue weighted by Gasteiger charge is 2.21. The fourth-order valence-electron chi connectivity index (χ4n) is 1.40. The van der Waals surface area contributed by atoms with Crippen LogP contribution in [0.1, 0.15) is 34.6 Å². The molecule has 0 aromatic heterocycles. The molecule has 0 aliphatic heterocycles. The van der Waals surface area contributed by atoms with Crippen LogP contribution in [0.2, 0.25) is 0 Å². The van der Waals surface area contributed by atoms with Crippen molar-refractivity contribution in [2.45, 2.75) is 40.7 Å². The van der Waals surface area contributed by atoms with Gasteiger partial charge in [-0.1, -0.05) is 28.2 Å². The van der Waals surface area contributed by atoms with Gasteiger partial charge in [-0.2, -0.15) is 0 Å². The Bertz CT molecular complexity index is 114. The van der Waals surface area contributed by atoms with Gasteiger partial charge in [-0.15, -0.1) is 0 Å². The van der Waals surface area contributed by atoms with Crippen LogP contribution in [0.3, 0.4) is 0 Å². The highest BCUT2D eigenvalue weighted by molar-refractivity contribution is 4.67. The van der Waals surface area contributed by atoms with Crippen LogP contribution in [-0.2, 0) is 0 Å². The van der Waals surface area contributed by atoms with Crippen molar-refractivity contribution < 1.29 is 9.59 Å². The quantitative estimate of drug-likeness (QED) is 0.676. The third-order valence-electron chi connectivity index (χ3n) is 1.61. The first-order valence-electron chi connectivity index (χ1n) is 4.59. The molecule has 1 atom stereocenters. The van der Waals surface area contributed by atoms with Gasteiger partial charge < -0.3 is 9.59 Å². The van der Waals surface area contributed by atoms with E-state index in [1.807, 2.05) is 0 Å². The number of aliphatic hydroxyl groups is 1. The van der Waals surface area contributed by atoms with E-state index in [1.165, 1.54) is 0 Å². The van der Waals surface area contributed by atoms with Gasteiger partial charge in [0.1, 0.15) is 12.6 Å². The molecule has 0 aliphatic carbocycles. The average Bonchev–Trinajstić information content (AvgIpc) is 1.49. The maximum atomic E-state index is 9.70. The van der Waals surface area contributed by atoms with Crippen molar-refractivity contribution in [3.05, 3.63) is 0 Å². The molecule has 2 heteroatoms. The Balaban J connectivity index is 0. The van der Waals surface area contributed by atoms with Crippen LogP contribution < -0.4 is 0 Å². The summed E-state index contributed by atoms with van der Waals surface area (Å²) in [4.78, 5) is 0. The van der Waals surface area contributed by atoms with Crippen LogP contribution in [0, 0.1) is 5.41 Å². The molecule has 82 valence electrons. The fourth-order valence-corrected chi connectivity index (χ4v) is 1.40. The van der Waals surface area contributed by atoms with Crippen molar-refractivity contribution in [3.63, 3.8) is 0 Å². The molecular weight excluding hydrogens is 162 g/mol. The zero-order valence-corrected chi connectivity index (χ0v) is 9.39. The van der Waals surface area contributed by atoms with Crippen LogP contribution in [0.5, 0.6) is 0 Å². The Morgan fingerprint density at radius 2 is 1.54 bits per heavy atom. The Kier molecular flexibility index (Phi) is 5.88. The van der Waals surface area contributed by atoms with Gasteiger partial charge in [-0.25, -0.2) is 0 Å². The minimum Gasteiger partial charge on any atom is -0.387 e. The molecular formula is C11H28NO+. The predicted molar refractivity (Wildman–Crippen MR) is 59.7 cm³/mol. The van der Waals surface area contributed by atoms with E-state index in [0.717, 1.165) is 17.4 Å². The lowest BCUT2D eigenvalue weighted by Gasteiger charge is -2.29. The van der Waals surface area contributed by atoms with E-state index in [4.69, 9.17) is 0 Å². The van der Waals surface area contributed by atoms with E-state index in [9.17, 15) is 5.11 Å². The summed E-state index contributed by atoms with van der Waals surface area (Å²) in [5.74, 6) is 0. The molecule has 0 aromatic carbocycles. The lowest BCUT2D eigenvalue weighted by Crippen LogP contribution is -2.42. The maximum absolute atomic E-state index is 9.70. The molecule has 0 amide bonds. The smallest absolute Gasteiger partial charge is 0.104 e. The van der Waals surface area contributed by atoms with Gasteiger partial charge in [0.15, 0.2) is 0 Å². The number of nitrogens with zero attached hydrogens (tertiary/aromatic N) is 1. The SMILES string of the molecule is C.CC(C)(C)CC(O)C[N+](C)(C)C. The average molecular weight is 190 g/mol. The first-order valence-corrected chi connectivity index (χ1v) is 4.59. The van der Waals surface area contributed by atoms with Crippen LogP contribution >= 0.6 is 0 Å². The standard InChI is InChI=1S/C10H24NO.CH4/c1-10(2,3)7-9(12)8-11(4,5)6;/h9,12H,7-8H2,1-6H3;1H4/q+1;. The van der Waals surface area contributed by atoms with Gasteiger partial charge in [0, 0.05) is 0 Å². The highest BCUT2D eigenvalue weighted by atomic mass is 16.3. The summed E-state index contributed by atoms with van der Waals surface area (Å²) in [7, 11) is 6.31. The molecule has 0 saturated carbocycles. The molecule has 0 spiro atoms. The zero-order chi connectivity index (χ0) is 9.99. The topological polar surface area (TPSA) is 20.2 Å². The lowest BCUT2D eigenvalue weighted by atomic mass is 9.89. The van der Waals surface area contributed by atoms with Crippen LogP contribution in [-0.4, -0.2) is 43.4 Å². The molecule has 0 saturated heterocycles. The molecule has 13 heavy (non-hydrogen) atoms. The summed E-state index contributed by atoms with van der Waals surface area (Å²) in [6.45, 7) is 7.31. The maximum Gasteiger partial charge on any atom is 0.104 e. The van der Waals surface area contributed by atoms with E-state index in [1.54, 1.807) is 0 Å². The van der Waals surface area contributed by atoms with Crippen LogP contribution in [0.25, 0.3) is 0 Å². The number of quaternary nitrogens is 1. The van der Waals surface area contributed by atoms with Crippen molar-refractivity contribution in [2.75, 3.05) is 27.7 Å². The molecule has 0 aromatic rings. The van der Waals surface area contributed by atoms with E-state index in [0.29, 0.717) is 0 Å². The third kappa shape index (κ3) is 11.9. The summed E-state index contributed by atoms with van der Waals surface area (Å²) in [6, 6.07) is 0. The summed E-state index contributed by atoms with van der Waals surface area (Å²) in [5.41, 5.74) is 0.231. The molecule has 0 bridgehead atoms. The van der Waals surface area contributed by atoms with Gasteiger partial charge in [0.05, 0.1) is 21.1 Å². The minimum atomic E-state index is -0.176. The largest absolute Gasteiger partial charge is 0.387 e. The molecule has 1 unspecified atom stereocenters. The first-order chi connectivity index (χ1) is 5.10. The molecule has 0 aliphatic rings. The normalized spacial score (nSPS) is 15.0. The Morgan fingerprint density at radius 3 is 1.77 bits per heavy atom. The number of rotatable bonds is 3. The number of hydrogen-bond acceptors (Lipinski definition) is 1. The monoisotopic (exact) mass is 190 g/mol. The second-order valence-electron chi connectivity index (χ2n) is 5.89. The molecule has 0 fully saturated rings. The number of aliphatic hydroxyl groups excluding tert-OH is 1. The number of likely N-dealkylation sites (N-methyl/N-ethyl adjacent to an activating group) is 1. The first kappa shape index (κ1) is 15.4. The Labute approximate surface area is 84.2 Å². The predicted octanol–water partition coefficient (Wildman–Crippen LogP) is 2.13. The molecule has 0 rings (SSSR count). The van der Waals surface area contributed by atoms with Gasteiger partial charge in [0.2, 0.25) is 0 Å². The van der Waals surface area contributed by atoms with E-state index >= 15 is 0 Å². The molecule has 1 N–H and O–H groups in total. The van der Waals surface area contributed by atoms with Gasteiger partial charge in [0.25, 0.3) is 0 Å². The minimum absolute atomic E-state index is 0. The van der Waals surface area contributed by atoms with Crippen molar-refractivity contribution in [1.82, 2.24) is 0 Å². The van der Waals surface area contributed by atoms with Crippen molar-refractivity contribution in [1.29, 1.82) is 0 Å². The van der Waals surface area contributed by atoms with Crippen molar-refractivity contribution >= 4 is 0 Å². The third-order valence-corrected chi connectivity index (χ3v) is 1.61. The lowest BCUT2D eigenvalue weighted by molar-refractivity contribution is -0.873. The Morgan fingerprint density at radius 1 is 1.15 bits per heavy atom. The fraction of sp³-hybridized carbons (Fsp3) is 1.00. The second kappa shape index (κ2) is 4.97. The Hall–Kier alpha value is -0.0800. The van der Waals surface area contributed by atoms with Crippen LogP contribution in [0.15, 0.2) is 0 Å². The zero-order valence-electron chi connectivity index (χ0n) is 9.39. The van der Waals surface area contributed by atoms with E-state index in [-0.39, 0.29) is 18.9 Å². The van der Waals surface area contributed by atoms with Gasteiger partial charge >= 0.3 is 0 Å². The van der Waals surface area contributed by atoms with Gasteiger partial charge in [-0.05, 0) is 11.8 Å². The summed E-state index contributed by atoms with van der Waals surface area (Å²) in [6.07, 6.45) is 0.702. The van der Waals surface area contributed by atoms with E-state index in [2.05, 4.69) is 41.9 Å². The van der Waals surface area contributed by atoms with Crippen molar-refractivity contribution in [3.8, 4) is 0 Å². The highest BCUT2D eigenvalue weighted by Crippen LogP contribution is 2.21. The molecule has 0 heterocycles.